The van der Waals surface area contributed by atoms with Crippen molar-refractivity contribution in [1.82, 2.24) is 19.9 Å². The van der Waals surface area contributed by atoms with Crippen molar-refractivity contribution in [3.05, 3.63) is 100 Å². The summed E-state index contributed by atoms with van der Waals surface area (Å²) in [7, 11) is 1.44. The average Bonchev–Trinajstić information content (AvgIpc) is 2.93. The highest BCUT2D eigenvalue weighted by Gasteiger charge is 2.24. The fourth-order valence-corrected chi connectivity index (χ4v) is 4.10. The van der Waals surface area contributed by atoms with E-state index in [1.54, 1.807) is 37.3 Å². The molecule has 1 unspecified atom stereocenters. The smallest absolute Gasteiger partial charge is 0.316 e. The van der Waals surface area contributed by atoms with Crippen molar-refractivity contribution < 1.29 is 13.5 Å². The van der Waals surface area contributed by atoms with Crippen molar-refractivity contribution in [3.8, 4) is 17.1 Å². The van der Waals surface area contributed by atoms with E-state index in [9.17, 15) is 9.18 Å². The topological polar surface area (TPSA) is 153 Å². The molecule has 0 amide bonds. The molecule has 0 spiro atoms. The Hall–Kier alpha value is -5.19. The van der Waals surface area contributed by atoms with Crippen molar-refractivity contribution in [3.63, 3.8) is 0 Å². The first-order chi connectivity index (χ1) is 18.4. The molecule has 190 valence electrons. The molecule has 0 aliphatic carbocycles. The first-order valence-corrected chi connectivity index (χ1v) is 11.5. The second kappa shape index (κ2) is 10.1. The van der Waals surface area contributed by atoms with Crippen molar-refractivity contribution in [2.75, 3.05) is 18.2 Å². The highest BCUT2D eigenvalue weighted by molar-refractivity contribution is 6.16. The second-order valence-electron chi connectivity index (χ2n) is 8.36. The van der Waals surface area contributed by atoms with Crippen LogP contribution < -0.4 is 21.2 Å². The van der Waals surface area contributed by atoms with E-state index in [1.807, 2.05) is 0 Å². The van der Waals surface area contributed by atoms with E-state index < -0.39 is 11.9 Å². The maximum atomic E-state index is 14.2. The Morgan fingerprint density at radius 3 is 2.61 bits per heavy atom. The van der Waals surface area contributed by atoms with Gasteiger partial charge in [-0.2, -0.15) is 0 Å². The molecule has 0 saturated heterocycles. The van der Waals surface area contributed by atoms with Crippen LogP contribution in [0.5, 0.6) is 6.01 Å². The quantitative estimate of drug-likeness (QED) is 0.271. The van der Waals surface area contributed by atoms with Gasteiger partial charge in [0.05, 0.1) is 35.4 Å². The molecular weight excluding hydrogens is 489 g/mol. The van der Waals surface area contributed by atoms with E-state index in [4.69, 9.17) is 20.3 Å². The molecule has 5 aromatic rings. The number of fused-ring (bicyclic) bond motifs is 1. The molecule has 0 bridgehead atoms. The Labute approximate surface area is 215 Å². The van der Waals surface area contributed by atoms with Gasteiger partial charge in [-0.25, -0.2) is 24.3 Å². The first kappa shape index (κ1) is 24.5. The molecule has 3 heterocycles. The molecule has 38 heavy (non-hydrogen) atoms. The van der Waals surface area contributed by atoms with Crippen LogP contribution in [0, 0.1) is 11.2 Å². The molecule has 3 aromatic heterocycles. The third-order valence-electron chi connectivity index (χ3n) is 5.91. The minimum absolute atomic E-state index is 0.0224. The second-order valence-corrected chi connectivity index (χ2v) is 8.36. The van der Waals surface area contributed by atoms with Crippen LogP contribution in [-0.4, -0.2) is 32.8 Å². The number of nitrogens with one attached hydrogen (secondary N) is 2. The monoisotopic (exact) mass is 511 g/mol. The number of hydrogen-bond donors (Lipinski definition) is 3. The molecule has 10 nitrogen and oxygen atoms in total. The Morgan fingerprint density at radius 1 is 1.11 bits per heavy atom. The summed E-state index contributed by atoms with van der Waals surface area (Å²) in [5, 5.41) is 12.3. The Bertz CT molecular complexity index is 1720. The molecule has 1 atom stereocenters. The summed E-state index contributed by atoms with van der Waals surface area (Å²) in [5.74, 6) is 0.0667. The van der Waals surface area contributed by atoms with Gasteiger partial charge in [0.15, 0.2) is 0 Å². The van der Waals surface area contributed by atoms with Gasteiger partial charge in [-0.3, -0.25) is 10.2 Å². The van der Waals surface area contributed by atoms with Crippen molar-refractivity contribution >= 4 is 28.3 Å². The Morgan fingerprint density at radius 2 is 1.87 bits per heavy atom. The highest BCUT2D eigenvalue weighted by atomic mass is 19.1. The summed E-state index contributed by atoms with van der Waals surface area (Å²) >= 11 is 0. The number of nitrogens with zero attached hydrogens (tertiary/aromatic N) is 4. The molecule has 0 aliphatic rings. The molecular formula is C27H22FN7O3. The van der Waals surface area contributed by atoms with Gasteiger partial charge in [0.25, 0.3) is 0 Å². The van der Waals surface area contributed by atoms with Gasteiger partial charge in [-0.15, -0.1) is 0 Å². The first-order valence-electron chi connectivity index (χ1n) is 11.5. The number of nitrogens with two attached hydrogens (primary N) is 1. The van der Waals surface area contributed by atoms with Gasteiger partial charge in [-0.1, -0.05) is 24.3 Å². The lowest BCUT2D eigenvalue weighted by Gasteiger charge is -2.20. The van der Waals surface area contributed by atoms with Crippen molar-refractivity contribution in [1.29, 1.82) is 5.41 Å². The van der Waals surface area contributed by atoms with E-state index in [1.165, 1.54) is 44.0 Å². The minimum Gasteiger partial charge on any atom is -0.467 e. The SMILES string of the molecule is COc1ncc(C(=N)c2c(N)ncnc2NC(C)c2oc3ccccc3c(=O)c2-c2cccc(F)c2)cn1. The van der Waals surface area contributed by atoms with Gasteiger partial charge in [0, 0.05) is 18.0 Å². The van der Waals surface area contributed by atoms with Crippen LogP contribution in [0.4, 0.5) is 16.0 Å². The average molecular weight is 512 g/mol. The molecule has 4 N–H and O–H groups in total. The summed E-state index contributed by atoms with van der Waals surface area (Å²) < 4.78 is 25.3. The van der Waals surface area contributed by atoms with E-state index in [2.05, 4.69) is 25.3 Å². The number of nitrogen functional groups attached to an aromatic ring is 1. The van der Waals surface area contributed by atoms with Crippen molar-refractivity contribution in [2.45, 2.75) is 13.0 Å². The number of ether oxygens (including phenoxy) is 1. The maximum absolute atomic E-state index is 14.2. The largest absolute Gasteiger partial charge is 0.467 e. The van der Waals surface area contributed by atoms with E-state index in [0.717, 1.165) is 0 Å². The fraction of sp³-hybridized carbons (Fsp3) is 0.111. The van der Waals surface area contributed by atoms with E-state index >= 15 is 0 Å². The number of aromatic nitrogens is 4. The maximum Gasteiger partial charge on any atom is 0.316 e. The van der Waals surface area contributed by atoms with Gasteiger partial charge < -0.3 is 20.2 Å². The number of para-hydroxylation sites is 1. The summed E-state index contributed by atoms with van der Waals surface area (Å²) in [6, 6.07) is 12.1. The lowest BCUT2D eigenvalue weighted by molar-refractivity contribution is 0.379. The number of halogens is 1. The lowest BCUT2D eigenvalue weighted by atomic mass is 9.98. The van der Waals surface area contributed by atoms with Crippen LogP contribution in [-0.2, 0) is 0 Å². The lowest BCUT2D eigenvalue weighted by Crippen LogP contribution is -2.19. The number of methoxy groups -OCH3 is 1. The zero-order valence-electron chi connectivity index (χ0n) is 20.4. The zero-order chi connectivity index (χ0) is 26.8. The summed E-state index contributed by atoms with van der Waals surface area (Å²) in [4.78, 5) is 30.0. The fourth-order valence-electron chi connectivity index (χ4n) is 4.10. The number of benzene rings is 2. The van der Waals surface area contributed by atoms with Gasteiger partial charge in [0.2, 0.25) is 5.43 Å². The Balaban J connectivity index is 1.61. The summed E-state index contributed by atoms with van der Waals surface area (Å²) in [6.45, 7) is 1.76. The van der Waals surface area contributed by atoms with E-state index in [0.29, 0.717) is 22.1 Å². The van der Waals surface area contributed by atoms with Crippen LogP contribution in [0.15, 0.2) is 76.5 Å². The number of hydrogen-bond acceptors (Lipinski definition) is 10. The third-order valence-corrected chi connectivity index (χ3v) is 5.91. The summed E-state index contributed by atoms with van der Waals surface area (Å²) in [6.07, 6.45) is 4.12. The van der Waals surface area contributed by atoms with Crippen LogP contribution in [0.1, 0.15) is 29.9 Å². The number of rotatable bonds is 7. The molecule has 5 rings (SSSR count). The highest BCUT2D eigenvalue weighted by Crippen LogP contribution is 2.32. The third kappa shape index (κ3) is 4.52. The van der Waals surface area contributed by atoms with Crippen LogP contribution in [0.25, 0.3) is 22.1 Å². The van der Waals surface area contributed by atoms with Crippen LogP contribution >= 0.6 is 0 Å². The normalized spacial score (nSPS) is 11.8. The molecule has 0 aliphatic heterocycles. The summed E-state index contributed by atoms with van der Waals surface area (Å²) in [5.41, 5.74) is 7.37. The zero-order valence-corrected chi connectivity index (χ0v) is 20.4. The van der Waals surface area contributed by atoms with Crippen molar-refractivity contribution in [2.24, 2.45) is 0 Å². The predicted octanol–water partition coefficient (Wildman–Crippen LogP) is 4.36. The van der Waals surface area contributed by atoms with E-state index in [-0.39, 0.29) is 45.7 Å². The van der Waals surface area contributed by atoms with Gasteiger partial charge in [-0.05, 0) is 36.8 Å². The van der Waals surface area contributed by atoms with Crippen LogP contribution in [0.2, 0.25) is 0 Å². The van der Waals surface area contributed by atoms with Gasteiger partial charge >= 0.3 is 6.01 Å². The van der Waals surface area contributed by atoms with Crippen LogP contribution in [0.3, 0.4) is 0 Å². The molecule has 11 heteroatoms. The predicted molar refractivity (Wildman–Crippen MR) is 141 cm³/mol. The molecule has 0 fully saturated rings. The minimum atomic E-state index is -0.654. The van der Waals surface area contributed by atoms with Gasteiger partial charge in [0.1, 0.15) is 35.1 Å². The molecule has 2 aromatic carbocycles. The number of anilines is 2. The molecule has 0 radical (unpaired) electrons. The Kier molecular flexibility index (Phi) is 6.48. The standard InChI is InChI=1S/C27H22FN7O3/c1-14(35-26-21(25(30)33-13-34-26)22(29)16-11-31-27(37-2)32-12-16)24-20(15-6-5-7-17(28)10-15)23(36)18-8-3-4-9-19(18)38-24/h3-14,29H,1-2H3,(H3,30,33,34,35). The molecule has 0 saturated carbocycles.